The summed E-state index contributed by atoms with van der Waals surface area (Å²) in [7, 11) is 0. The number of hydrogen-bond acceptors (Lipinski definition) is 0. The summed E-state index contributed by atoms with van der Waals surface area (Å²) in [6, 6.07) is 72.3. The third-order valence-corrected chi connectivity index (χ3v) is 12.3. The molecule has 9 aromatic carbocycles. The van der Waals surface area contributed by atoms with Crippen molar-refractivity contribution in [1.82, 2.24) is 4.57 Å². The van der Waals surface area contributed by atoms with Crippen molar-refractivity contribution in [1.29, 1.82) is 0 Å². The molecule has 1 atom stereocenters. The van der Waals surface area contributed by atoms with E-state index in [0.29, 0.717) is 0 Å². The molecule has 0 fully saturated rings. The zero-order valence-electron chi connectivity index (χ0n) is 30.2. The Labute approximate surface area is 320 Å². The van der Waals surface area contributed by atoms with Gasteiger partial charge in [0.05, 0.1) is 11.0 Å². The van der Waals surface area contributed by atoms with E-state index in [4.69, 9.17) is 0 Å². The molecule has 0 aliphatic heterocycles. The maximum absolute atomic E-state index is 2.53. The first-order chi connectivity index (χ1) is 27.3. The van der Waals surface area contributed by atoms with Crippen LogP contribution in [0.3, 0.4) is 0 Å². The van der Waals surface area contributed by atoms with Gasteiger partial charge in [0.15, 0.2) is 0 Å². The molecule has 0 radical (unpaired) electrons. The maximum Gasteiger partial charge on any atom is 0.0582 e. The van der Waals surface area contributed by atoms with E-state index in [-0.39, 0.29) is 5.92 Å². The molecule has 10 aromatic rings. The standard InChI is InChI=1S/C54H35N/c1-2-10-34(11-3-1)36-18-20-37(21-19-36)53-46-17-9-8-16-44(46)49-31-39(23-26-47(49)53)40-24-29-52-50(32-40)48-28-27-45-43-15-7-6-14-41(43)33-51(45)54(48)55(52)42-25-22-35-12-4-5-13-38(35)30-42/h1-32,53H,33H2. The second kappa shape index (κ2) is 11.8. The lowest BCUT2D eigenvalue weighted by Crippen LogP contribution is -1.99. The van der Waals surface area contributed by atoms with E-state index in [0.717, 1.165) is 6.42 Å². The van der Waals surface area contributed by atoms with Crippen molar-refractivity contribution < 1.29 is 0 Å². The predicted octanol–water partition coefficient (Wildman–Crippen LogP) is 14.0. The SMILES string of the molecule is c1ccc(-c2ccc(C3c4ccccc4-c4cc(-c5ccc6c(c5)c5ccc7c(c5n6-c5ccc6ccccc6c5)Cc5ccccc5-7)ccc43)cc2)cc1. The smallest absolute Gasteiger partial charge is 0.0582 e. The Morgan fingerprint density at radius 3 is 1.98 bits per heavy atom. The summed E-state index contributed by atoms with van der Waals surface area (Å²) in [5.74, 6) is 0.207. The molecular weight excluding hydrogens is 663 g/mol. The lowest BCUT2D eigenvalue weighted by molar-refractivity contribution is 1.02. The first kappa shape index (κ1) is 30.5. The lowest BCUT2D eigenvalue weighted by atomic mass is 9.88. The van der Waals surface area contributed by atoms with Crippen LogP contribution in [0.4, 0.5) is 0 Å². The van der Waals surface area contributed by atoms with E-state index in [1.807, 2.05) is 0 Å². The molecule has 1 unspecified atom stereocenters. The van der Waals surface area contributed by atoms with Crippen LogP contribution in [0.25, 0.3) is 82.8 Å². The van der Waals surface area contributed by atoms with E-state index in [2.05, 4.69) is 199 Å². The number of hydrogen-bond donors (Lipinski definition) is 0. The molecular formula is C54H35N. The van der Waals surface area contributed by atoms with Gasteiger partial charge < -0.3 is 4.57 Å². The molecule has 0 N–H and O–H groups in total. The van der Waals surface area contributed by atoms with Crippen LogP contribution < -0.4 is 0 Å². The fourth-order valence-corrected chi connectivity index (χ4v) is 9.74. The third kappa shape index (κ3) is 4.60. The van der Waals surface area contributed by atoms with Crippen LogP contribution in [0.15, 0.2) is 194 Å². The van der Waals surface area contributed by atoms with Crippen molar-refractivity contribution in [3.8, 4) is 50.2 Å². The highest BCUT2D eigenvalue weighted by Crippen LogP contribution is 2.50. The average Bonchev–Trinajstić information content (AvgIpc) is 3.91. The second-order valence-electron chi connectivity index (χ2n) is 15.2. The highest BCUT2D eigenvalue weighted by molar-refractivity contribution is 6.13. The summed E-state index contributed by atoms with van der Waals surface area (Å²) in [4.78, 5) is 0. The molecule has 2 aliphatic rings. The van der Waals surface area contributed by atoms with Crippen molar-refractivity contribution >= 4 is 32.6 Å². The van der Waals surface area contributed by atoms with Crippen molar-refractivity contribution in [2.75, 3.05) is 0 Å². The Bertz CT molecular complexity index is 3160. The average molecular weight is 698 g/mol. The van der Waals surface area contributed by atoms with Gasteiger partial charge in [0.1, 0.15) is 0 Å². The Balaban J connectivity index is 1.01. The van der Waals surface area contributed by atoms with Gasteiger partial charge in [0, 0.05) is 28.8 Å². The molecule has 0 bridgehead atoms. The number of rotatable bonds is 4. The predicted molar refractivity (Wildman–Crippen MR) is 230 cm³/mol. The zero-order valence-corrected chi connectivity index (χ0v) is 30.2. The van der Waals surface area contributed by atoms with E-state index in [9.17, 15) is 0 Å². The Kier molecular flexibility index (Phi) is 6.53. The molecule has 12 rings (SSSR count). The third-order valence-electron chi connectivity index (χ3n) is 12.3. The number of fused-ring (bicyclic) bond motifs is 11. The molecule has 256 valence electrons. The van der Waals surface area contributed by atoms with E-state index < -0.39 is 0 Å². The van der Waals surface area contributed by atoms with Gasteiger partial charge >= 0.3 is 0 Å². The molecule has 1 nitrogen and oxygen atoms in total. The van der Waals surface area contributed by atoms with Crippen molar-refractivity contribution in [3.63, 3.8) is 0 Å². The maximum atomic E-state index is 2.53. The van der Waals surface area contributed by atoms with Crippen LogP contribution in [0, 0.1) is 0 Å². The quantitative estimate of drug-likeness (QED) is 0.173. The van der Waals surface area contributed by atoms with Gasteiger partial charge in [-0.1, -0.05) is 164 Å². The van der Waals surface area contributed by atoms with E-state index in [1.54, 1.807) is 0 Å². The Morgan fingerprint density at radius 2 is 1.09 bits per heavy atom. The molecule has 55 heavy (non-hydrogen) atoms. The Morgan fingerprint density at radius 1 is 0.400 bits per heavy atom. The molecule has 1 heteroatoms. The topological polar surface area (TPSA) is 4.93 Å². The molecule has 1 aromatic heterocycles. The van der Waals surface area contributed by atoms with Gasteiger partial charge in [0.25, 0.3) is 0 Å². The van der Waals surface area contributed by atoms with E-state index >= 15 is 0 Å². The second-order valence-corrected chi connectivity index (χ2v) is 15.2. The van der Waals surface area contributed by atoms with Crippen LogP contribution in [0.5, 0.6) is 0 Å². The van der Waals surface area contributed by atoms with Crippen molar-refractivity contribution in [2.24, 2.45) is 0 Å². The minimum Gasteiger partial charge on any atom is -0.309 e. The van der Waals surface area contributed by atoms with Crippen LogP contribution >= 0.6 is 0 Å². The highest BCUT2D eigenvalue weighted by atomic mass is 15.0. The molecule has 0 spiro atoms. The highest BCUT2D eigenvalue weighted by Gasteiger charge is 2.30. The van der Waals surface area contributed by atoms with E-state index in [1.165, 1.54) is 111 Å². The van der Waals surface area contributed by atoms with Gasteiger partial charge in [-0.2, -0.15) is 0 Å². The monoisotopic (exact) mass is 697 g/mol. The van der Waals surface area contributed by atoms with Crippen LogP contribution in [0.1, 0.15) is 33.7 Å². The molecule has 0 amide bonds. The normalized spacial score (nSPS) is 13.9. The van der Waals surface area contributed by atoms with Gasteiger partial charge in [-0.3, -0.25) is 0 Å². The summed E-state index contributed by atoms with van der Waals surface area (Å²) >= 11 is 0. The molecule has 2 aliphatic carbocycles. The van der Waals surface area contributed by atoms with Crippen molar-refractivity contribution in [3.05, 3.63) is 222 Å². The first-order valence-electron chi connectivity index (χ1n) is 19.3. The van der Waals surface area contributed by atoms with Crippen LogP contribution in [-0.2, 0) is 6.42 Å². The molecule has 0 saturated heterocycles. The van der Waals surface area contributed by atoms with Crippen molar-refractivity contribution in [2.45, 2.75) is 12.3 Å². The summed E-state index contributed by atoms with van der Waals surface area (Å²) in [5.41, 5.74) is 21.0. The zero-order chi connectivity index (χ0) is 36.0. The summed E-state index contributed by atoms with van der Waals surface area (Å²) in [6.07, 6.45) is 0.944. The van der Waals surface area contributed by atoms with Gasteiger partial charge in [-0.15, -0.1) is 0 Å². The summed E-state index contributed by atoms with van der Waals surface area (Å²) in [5, 5.41) is 5.11. The summed E-state index contributed by atoms with van der Waals surface area (Å²) in [6.45, 7) is 0. The fourth-order valence-electron chi connectivity index (χ4n) is 9.74. The Hall–Kier alpha value is -6.96. The van der Waals surface area contributed by atoms with Crippen LogP contribution in [-0.4, -0.2) is 4.57 Å². The minimum absolute atomic E-state index is 0.207. The number of nitrogens with zero attached hydrogens (tertiary/aromatic N) is 1. The fraction of sp³-hybridized carbons (Fsp3) is 0.0370. The number of benzene rings is 9. The first-order valence-corrected chi connectivity index (χ1v) is 19.3. The molecule has 0 saturated carbocycles. The minimum atomic E-state index is 0.207. The van der Waals surface area contributed by atoms with Crippen LogP contribution in [0.2, 0.25) is 0 Å². The lowest BCUT2D eigenvalue weighted by Gasteiger charge is -2.15. The van der Waals surface area contributed by atoms with Gasteiger partial charge in [0.2, 0.25) is 0 Å². The molecule has 1 heterocycles. The number of aromatic nitrogens is 1. The largest absolute Gasteiger partial charge is 0.309 e. The van der Waals surface area contributed by atoms with Gasteiger partial charge in [-0.25, -0.2) is 0 Å². The summed E-state index contributed by atoms with van der Waals surface area (Å²) < 4.78 is 2.53. The van der Waals surface area contributed by atoms with Gasteiger partial charge in [-0.05, 0) is 113 Å².